The van der Waals surface area contributed by atoms with E-state index in [9.17, 15) is 18.5 Å². The summed E-state index contributed by atoms with van der Waals surface area (Å²) in [6.07, 6.45) is 0.705. The standard InChI is InChI=1S/C20H31FN7O7P/c1-3-5-32-14(29)8-26-36(31,27-9-15(30)33-6-4-2)12-34-16-7-13(21)20(35-16)28-11-25-17-18(22)23-10-24-19(17)28/h7,10,16,20,25H,3-6,8-9,11-12H2,1-2H3,(H2,22,23,24)(H2,26,27,31)/t16-,20+/m0/s1. The summed E-state index contributed by atoms with van der Waals surface area (Å²) in [6.45, 7) is 3.47. The number of esters is 2. The van der Waals surface area contributed by atoms with Crippen molar-refractivity contribution in [3.05, 3.63) is 18.2 Å². The molecule has 1 aromatic heterocycles. The first-order chi connectivity index (χ1) is 17.3. The number of nitrogens with zero attached hydrogens (tertiary/aromatic N) is 3. The van der Waals surface area contributed by atoms with Crippen LogP contribution in [0.25, 0.3) is 0 Å². The molecule has 2 aliphatic heterocycles. The van der Waals surface area contributed by atoms with Gasteiger partial charge in [-0.3, -0.25) is 14.2 Å². The first-order valence-electron chi connectivity index (χ1n) is 11.4. The third-order valence-corrected chi connectivity index (χ3v) is 6.80. The van der Waals surface area contributed by atoms with Crippen molar-refractivity contribution in [3.63, 3.8) is 0 Å². The maximum absolute atomic E-state index is 14.7. The fourth-order valence-electron chi connectivity index (χ4n) is 3.21. The number of rotatable bonds is 14. The highest BCUT2D eigenvalue weighted by Crippen LogP contribution is 2.40. The van der Waals surface area contributed by atoms with Crippen molar-refractivity contribution >= 4 is 36.7 Å². The predicted molar refractivity (Wildman–Crippen MR) is 127 cm³/mol. The molecule has 3 rings (SSSR count). The van der Waals surface area contributed by atoms with Crippen molar-refractivity contribution in [1.82, 2.24) is 20.1 Å². The molecule has 0 amide bonds. The van der Waals surface area contributed by atoms with Gasteiger partial charge in [0.25, 0.3) is 0 Å². The second kappa shape index (κ2) is 12.9. The number of anilines is 3. The minimum Gasteiger partial charge on any atom is -0.465 e. The lowest BCUT2D eigenvalue weighted by Gasteiger charge is -2.26. The van der Waals surface area contributed by atoms with Crippen LogP contribution in [0, 0.1) is 0 Å². The summed E-state index contributed by atoms with van der Waals surface area (Å²) in [4.78, 5) is 33.2. The molecule has 5 N–H and O–H groups in total. The fourth-order valence-corrected chi connectivity index (χ4v) is 4.63. The van der Waals surface area contributed by atoms with E-state index < -0.39 is 57.2 Å². The van der Waals surface area contributed by atoms with Gasteiger partial charge < -0.3 is 34.9 Å². The van der Waals surface area contributed by atoms with Crippen LogP contribution in [0.4, 0.5) is 21.7 Å². The molecule has 3 heterocycles. The summed E-state index contributed by atoms with van der Waals surface area (Å²) >= 11 is 0. The number of ether oxygens (including phenoxy) is 4. The van der Waals surface area contributed by atoms with E-state index in [1.54, 1.807) is 0 Å². The number of aromatic nitrogens is 2. The van der Waals surface area contributed by atoms with Crippen molar-refractivity contribution in [1.29, 1.82) is 0 Å². The summed E-state index contributed by atoms with van der Waals surface area (Å²) < 4.78 is 49.2. The van der Waals surface area contributed by atoms with Crippen molar-refractivity contribution in [3.8, 4) is 0 Å². The lowest BCUT2D eigenvalue weighted by Crippen LogP contribution is -2.38. The van der Waals surface area contributed by atoms with E-state index >= 15 is 0 Å². The number of carbonyl (C=O) groups excluding carboxylic acids is 2. The number of nitrogens with two attached hydrogens (primary N) is 1. The minimum absolute atomic E-state index is 0.165. The molecule has 0 unspecified atom stereocenters. The average Bonchev–Trinajstić information content (AvgIpc) is 3.46. The maximum Gasteiger partial charge on any atom is 0.320 e. The highest BCUT2D eigenvalue weighted by atomic mass is 31.2. The zero-order chi connectivity index (χ0) is 26.1. The van der Waals surface area contributed by atoms with Gasteiger partial charge in [-0.05, 0) is 12.8 Å². The molecule has 2 aliphatic rings. The zero-order valence-corrected chi connectivity index (χ0v) is 21.0. The molecular formula is C20H31FN7O7P. The Labute approximate surface area is 207 Å². The van der Waals surface area contributed by atoms with Crippen LogP contribution < -0.4 is 26.1 Å². The molecule has 0 spiro atoms. The largest absolute Gasteiger partial charge is 0.465 e. The second-order valence-electron chi connectivity index (χ2n) is 7.82. The van der Waals surface area contributed by atoms with Crippen LogP contribution in [-0.2, 0) is 33.1 Å². The molecular weight excluding hydrogens is 500 g/mol. The van der Waals surface area contributed by atoms with Crippen molar-refractivity contribution in [2.75, 3.05) is 55.3 Å². The Bertz CT molecular complexity index is 987. The molecule has 16 heteroatoms. The number of hydrogen-bond acceptors (Lipinski definition) is 12. The van der Waals surface area contributed by atoms with Gasteiger partial charge in [0.1, 0.15) is 31.5 Å². The van der Waals surface area contributed by atoms with E-state index in [2.05, 4.69) is 25.5 Å². The summed E-state index contributed by atoms with van der Waals surface area (Å²) in [5.74, 6) is -1.32. The number of nitrogen functional groups attached to an aromatic ring is 1. The van der Waals surface area contributed by atoms with Crippen molar-refractivity contribution < 1.29 is 37.5 Å². The first kappa shape index (κ1) is 27.7. The summed E-state index contributed by atoms with van der Waals surface area (Å²) in [7, 11) is -3.69. The summed E-state index contributed by atoms with van der Waals surface area (Å²) in [5, 5.41) is 8.09. The van der Waals surface area contributed by atoms with Gasteiger partial charge >= 0.3 is 11.9 Å². The zero-order valence-electron chi connectivity index (χ0n) is 20.1. The van der Waals surface area contributed by atoms with Crippen LogP contribution in [0.1, 0.15) is 26.7 Å². The summed E-state index contributed by atoms with van der Waals surface area (Å²) in [6, 6.07) is 0. The van der Waals surface area contributed by atoms with Gasteiger partial charge in [0, 0.05) is 6.08 Å². The van der Waals surface area contributed by atoms with Gasteiger partial charge in [-0.25, -0.2) is 24.5 Å². The highest BCUT2D eigenvalue weighted by Gasteiger charge is 2.39. The van der Waals surface area contributed by atoms with E-state index in [1.165, 1.54) is 11.2 Å². The minimum atomic E-state index is -3.69. The Morgan fingerprint density at radius 3 is 2.47 bits per heavy atom. The Morgan fingerprint density at radius 1 is 1.22 bits per heavy atom. The lowest BCUT2D eigenvalue weighted by molar-refractivity contribution is -0.142. The number of carbonyl (C=O) groups is 2. The molecule has 0 saturated carbocycles. The Balaban J connectivity index is 1.60. The van der Waals surface area contributed by atoms with Gasteiger partial charge in [0.2, 0.25) is 7.44 Å². The smallest absolute Gasteiger partial charge is 0.320 e. The number of halogens is 1. The highest BCUT2D eigenvalue weighted by molar-refractivity contribution is 7.59. The normalized spacial score (nSPS) is 19.0. The molecule has 0 aromatic carbocycles. The van der Waals surface area contributed by atoms with E-state index in [0.29, 0.717) is 24.3 Å². The van der Waals surface area contributed by atoms with Crippen LogP contribution in [-0.4, -0.2) is 73.7 Å². The topological polar surface area (TPSA) is 179 Å². The predicted octanol–water partition coefficient (Wildman–Crippen LogP) is 1.04. The van der Waals surface area contributed by atoms with E-state index in [-0.39, 0.29) is 25.7 Å². The van der Waals surface area contributed by atoms with Gasteiger partial charge in [-0.15, -0.1) is 0 Å². The number of nitrogens with one attached hydrogen (secondary N) is 3. The molecule has 0 radical (unpaired) electrons. The molecule has 36 heavy (non-hydrogen) atoms. The third kappa shape index (κ3) is 7.34. The third-order valence-electron chi connectivity index (χ3n) is 4.94. The maximum atomic E-state index is 14.7. The molecule has 200 valence electrons. The molecule has 0 aliphatic carbocycles. The van der Waals surface area contributed by atoms with Gasteiger partial charge in [0.05, 0.1) is 19.9 Å². The van der Waals surface area contributed by atoms with E-state index in [0.717, 1.165) is 6.08 Å². The van der Waals surface area contributed by atoms with Crippen LogP contribution in [0.5, 0.6) is 0 Å². The Morgan fingerprint density at radius 2 is 1.86 bits per heavy atom. The van der Waals surface area contributed by atoms with Crippen LogP contribution in [0.15, 0.2) is 18.2 Å². The molecule has 14 nitrogen and oxygen atoms in total. The van der Waals surface area contributed by atoms with Gasteiger partial charge in [-0.1, -0.05) is 13.8 Å². The molecule has 0 bridgehead atoms. The molecule has 0 fully saturated rings. The molecule has 2 atom stereocenters. The number of fused-ring (bicyclic) bond motifs is 1. The van der Waals surface area contributed by atoms with E-state index in [1.807, 2.05) is 13.8 Å². The monoisotopic (exact) mass is 531 g/mol. The van der Waals surface area contributed by atoms with Gasteiger partial charge in [-0.2, -0.15) is 0 Å². The van der Waals surface area contributed by atoms with Gasteiger partial charge in [0.15, 0.2) is 30.0 Å². The van der Waals surface area contributed by atoms with Crippen LogP contribution >= 0.6 is 7.44 Å². The fraction of sp³-hybridized carbons (Fsp3) is 0.600. The lowest BCUT2D eigenvalue weighted by atomic mass is 10.4. The van der Waals surface area contributed by atoms with Crippen LogP contribution in [0.2, 0.25) is 0 Å². The van der Waals surface area contributed by atoms with E-state index in [4.69, 9.17) is 24.7 Å². The summed E-state index contributed by atoms with van der Waals surface area (Å²) in [5.41, 5.74) is 6.28. The van der Waals surface area contributed by atoms with Crippen molar-refractivity contribution in [2.45, 2.75) is 39.2 Å². The SMILES string of the molecule is CCCOC(=O)CNP(=O)(CO[C@@H]1C=C(F)[C@H](N2CNc3c(N)ncnc32)O1)NCC(=O)OCCC. The number of hydrogen-bond donors (Lipinski definition) is 4. The second-order valence-corrected chi connectivity index (χ2v) is 10.2. The quantitative estimate of drug-likeness (QED) is 0.197. The molecule has 1 aromatic rings. The van der Waals surface area contributed by atoms with Crippen LogP contribution in [0.3, 0.4) is 0 Å². The van der Waals surface area contributed by atoms with Crippen molar-refractivity contribution in [2.24, 2.45) is 0 Å². The molecule has 0 saturated heterocycles. The Kier molecular flexibility index (Phi) is 9.96. The average molecular weight is 531 g/mol. The first-order valence-corrected chi connectivity index (χ1v) is 13.3. The Hall–Kier alpha value is -2.84.